The molecule has 3 nitrogen and oxygen atoms in total. The third kappa shape index (κ3) is 1.84. The molecule has 0 radical (unpaired) electrons. The maximum Gasteiger partial charge on any atom is 0.340 e. The fraction of sp³-hybridized carbons (Fsp3) is 0.0952. The van der Waals surface area contributed by atoms with Crippen LogP contribution in [-0.2, 0) is 10.3 Å². The van der Waals surface area contributed by atoms with Gasteiger partial charge < -0.3 is 9.47 Å². The molecule has 0 aromatic heterocycles. The number of benzene rings is 3. The first-order valence-electron chi connectivity index (χ1n) is 8.01. The molecule has 2 aliphatic rings. The van der Waals surface area contributed by atoms with Gasteiger partial charge in [0.25, 0.3) is 0 Å². The van der Waals surface area contributed by atoms with Gasteiger partial charge in [0.2, 0.25) is 0 Å². The zero-order chi connectivity index (χ0) is 17.2. The van der Waals surface area contributed by atoms with E-state index in [1.54, 1.807) is 18.2 Å². The topological polar surface area (TPSA) is 35.5 Å². The minimum atomic E-state index is -1.01. The number of fused-ring (bicyclic) bond motifs is 6. The monoisotopic (exact) mass is 348 g/mol. The molecule has 2 heterocycles. The minimum Gasteiger partial charge on any atom is -0.456 e. The van der Waals surface area contributed by atoms with E-state index in [9.17, 15) is 4.79 Å². The molecule has 0 aliphatic carbocycles. The summed E-state index contributed by atoms with van der Waals surface area (Å²) in [5.74, 6) is 0.958. The van der Waals surface area contributed by atoms with Crippen LogP contribution in [0.1, 0.15) is 32.6 Å². The summed E-state index contributed by atoms with van der Waals surface area (Å²) in [6.07, 6.45) is 0. The van der Waals surface area contributed by atoms with E-state index in [0.717, 1.165) is 22.3 Å². The van der Waals surface area contributed by atoms with Crippen LogP contribution in [-0.4, -0.2) is 5.97 Å². The van der Waals surface area contributed by atoms with E-state index in [0.29, 0.717) is 22.1 Å². The van der Waals surface area contributed by atoms with Gasteiger partial charge in [-0.15, -0.1) is 0 Å². The van der Waals surface area contributed by atoms with Crippen molar-refractivity contribution in [3.63, 3.8) is 0 Å². The summed E-state index contributed by atoms with van der Waals surface area (Å²) in [5, 5.41) is 0.572. The smallest absolute Gasteiger partial charge is 0.340 e. The number of hydrogen-bond donors (Lipinski definition) is 0. The maximum absolute atomic E-state index is 12.6. The highest BCUT2D eigenvalue weighted by molar-refractivity contribution is 6.30. The average molecular weight is 349 g/mol. The molecule has 1 unspecified atom stereocenters. The van der Waals surface area contributed by atoms with Crippen LogP contribution in [0.4, 0.5) is 0 Å². The van der Waals surface area contributed by atoms with Crippen LogP contribution in [0.5, 0.6) is 11.5 Å². The second kappa shape index (κ2) is 4.87. The first-order chi connectivity index (χ1) is 12.1. The van der Waals surface area contributed by atoms with Gasteiger partial charge in [-0.25, -0.2) is 4.79 Å². The van der Waals surface area contributed by atoms with Crippen molar-refractivity contribution in [2.75, 3.05) is 0 Å². The molecule has 3 aromatic carbocycles. The van der Waals surface area contributed by atoms with E-state index >= 15 is 0 Å². The van der Waals surface area contributed by atoms with Crippen molar-refractivity contribution in [1.82, 2.24) is 0 Å². The number of aryl methyl sites for hydroxylation is 1. The molecule has 0 saturated heterocycles. The Labute approximate surface area is 149 Å². The lowest BCUT2D eigenvalue weighted by atomic mass is 9.77. The summed E-state index contributed by atoms with van der Waals surface area (Å²) in [5.41, 5.74) is 3.08. The van der Waals surface area contributed by atoms with Crippen molar-refractivity contribution in [2.45, 2.75) is 12.5 Å². The third-order valence-electron chi connectivity index (χ3n) is 4.83. The molecule has 3 aromatic rings. The van der Waals surface area contributed by atoms with Gasteiger partial charge in [-0.3, -0.25) is 0 Å². The molecule has 0 fully saturated rings. The van der Waals surface area contributed by atoms with E-state index in [4.69, 9.17) is 21.1 Å². The number of carbonyl (C=O) groups excluding carboxylic acids is 1. The predicted octanol–water partition coefficient (Wildman–Crippen LogP) is 5.22. The Bertz CT molecular complexity index is 1000. The lowest BCUT2D eigenvalue weighted by molar-refractivity contribution is 0.0224. The Morgan fingerprint density at radius 1 is 0.880 bits per heavy atom. The molecule has 0 bridgehead atoms. The zero-order valence-electron chi connectivity index (χ0n) is 13.4. The molecular weight excluding hydrogens is 336 g/mol. The van der Waals surface area contributed by atoms with Crippen LogP contribution in [0.2, 0.25) is 5.02 Å². The summed E-state index contributed by atoms with van der Waals surface area (Å²) < 4.78 is 12.1. The summed E-state index contributed by atoms with van der Waals surface area (Å²) in [7, 11) is 0. The van der Waals surface area contributed by atoms with E-state index in [2.05, 4.69) is 0 Å². The van der Waals surface area contributed by atoms with Crippen molar-refractivity contribution in [3.05, 3.63) is 93.5 Å². The summed E-state index contributed by atoms with van der Waals surface area (Å²) >= 11 is 6.17. The molecule has 0 amide bonds. The van der Waals surface area contributed by atoms with Gasteiger partial charge in [0.05, 0.1) is 5.56 Å². The number of esters is 1. The van der Waals surface area contributed by atoms with Gasteiger partial charge in [-0.05, 0) is 42.8 Å². The van der Waals surface area contributed by atoms with Gasteiger partial charge in [0.1, 0.15) is 11.5 Å². The van der Waals surface area contributed by atoms with Gasteiger partial charge in [-0.2, -0.15) is 0 Å². The molecule has 0 saturated carbocycles. The lowest BCUT2D eigenvalue weighted by Crippen LogP contribution is -2.33. The Morgan fingerprint density at radius 2 is 1.60 bits per heavy atom. The van der Waals surface area contributed by atoms with Crippen molar-refractivity contribution >= 4 is 17.6 Å². The maximum atomic E-state index is 12.6. The predicted molar refractivity (Wildman–Crippen MR) is 94.4 cm³/mol. The molecule has 122 valence electrons. The van der Waals surface area contributed by atoms with Crippen molar-refractivity contribution in [2.24, 2.45) is 0 Å². The number of ether oxygens (including phenoxy) is 2. The van der Waals surface area contributed by atoms with Crippen LogP contribution in [0.25, 0.3) is 0 Å². The normalized spacial score (nSPS) is 19.7. The molecule has 1 atom stereocenters. The van der Waals surface area contributed by atoms with Crippen molar-refractivity contribution < 1.29 is 14.3 Å². The summed E-state index contributed by atoms with van der Waals surface area (Å²) in [4.78, 5) is 12.6. The Kier molecular flexibility index (Phi) is 2.83. The van der Waals surface area contributed by atoms with E-state index < -0.39 is 5.60 Å². The highest BCUT2D eigenvalue weighted by atomic mass is 35.5. The van der Waals surface area contributed by atoms with Crippen LogP contribution >= 0.6 is 11.6 Å². The first-order valence-corrected chi connectivity index (χ1v) is 8.39. The zero-order valence-corrected chi connectivity index (χ0v) is 14.1. The molecule has 25 heavy (non-hydrogen) atoms. The second-order valence-electron chi connectivity index (χ2n) is 6.36. The van der Waals surface area contributed by atoms with Crippen LogP contribution in [0, 0.1) is 6.92 Å². The van der Waals surface area contributed by atoms with Crippen LogP contribution < -0.4 is 4.74 Å². The SMILES string of the molecule is Cc1ccc2c(c1)Oc1cc(Cl)ccc1C21OC(=O)c2ccccc21. The molecule has 4 heteroatoms. The van der Waals surface area contributed by atoms with Gasteiger partial charge in [-0.1, -0.05) is 41.9 Å². The summed E-state index contributed by atoms with van der Waals surface area (Å²) in [6, 6.07) is 18.8. The Morgan fingerprint density at radius 3 is 2.44 bits per heavy atom. The van der Waals surface area contributed by atoms with Crippen molar-refractivity contribution in [3.8, 4) is 11.5 Å². The highest BCUT2D eigenvalue weighted by Gasteiger charge is 2.53. The fourth-order valence-corrected chi connectivity index (χ4v) is 3.92. The Hall–Kier alpha value is -2.78. The first kappa shape index (κ1) is 14.6. The van der Waals surface area contributed by atoms with Gasteiger partial charge in [0.15, 0.2) is 5.60 Å². The highest BCUT2D eigenvalue weighted by Crippen LogP contribution is 2.56. The largest absolute Gasteiger partial charge is 0.456 e. The standard InChI is InChI=1S/C21H13ClO3/c1-12-6-8-16-18(10-12)24-19-11-13(22)7-9-17(19)21(16)15-5-3-2-4-14(15)20(23)25-21/h2-11H,1H3. The molecule has 1 spiro atoms. The average Bonchev–Trinajstić information content (AvgIpc) is 2.88. The van der Waals surface area contributed by atoms with Crippen molar-refractivity contribution in [1.29, 1.82) is 0 Å². The van der Waals surface area contributed by atoms with E-state index in [1.165, 1.54) is 0 Å². The van der Waals surface area contributed by atoms with Gasteiger partial charge >= 0.3 is 5.97 Å². The molecule has 2 aliphatic heterocycles. The molecule has 0 N–H and O–H groups in total. The summed E-state index contributed by atoms with van der Waals surface area (Å²) in [6.45, 7) is 2.00. The number of carbonyl (C=O) groups is 1. The third-order valence-corrected chi connectivity index (χ3v) is 5.07. The molecule has 5 rings (SSSR count). The fourth-order valence-electron chi connectivity index (χ4n) is 3.76. The van der Waals surface area contributed by atoms with E-state index in [-0.39, 0.29) is 5.97 Å². The number of hydrogen-bond acceptors (Lipinski definition) is 3. The van der Waals surface area contributed by atoms with Gasteiger partial charge in [0, 0.05) is 21.7 Å². The van der Waals surface area contributed by atoms with Crippen LogP contribution in [0.3, 0.4) is 0 Å². The molecular formula is C21H13ClO3. The number of halogens is 1. The van der Waals surface area contributed by atoms with E-state index in [1.807, 2.05) is 49.4 Å². The Balaban J connectivity index is 1.91. The van der Waals surface area contributed by atoms with Crippen LogP contribution in [0.15, 0.2) is 60.7 Å². The lowest BCUT2D eigenvalue weighted by Gasteiger charge is -2.36. The second-order valence-corrected chi connectivity index (χ2v) is 6.79. The quantitative estimate of drug-likeness (QED) is 0.523. The minimum absolute atomic E-state index is 0.329. The number of rotatable bonds is 0.